The summed E-state index contributed by atoms with van der Waals surface area (Å²) in [5.41, 5.74) is 0.907. The molecule has 3 rings (SSSR count). The van der Waals surface area contributed by atoms with Gasteiger partial charge in [-0.05, 0) is 37.1 Å². The van der Waals surface area contributed by atoms with Crippen LogP contribution in [0.15, 0.2) is 53.0 Å². The molecule has 2 N–H and O–H groups in total. The monoisotopic (exact) mass is 447 g/mol. The second-order valence-electron chi connectivity index (χ2n) is 6.51. The zero-order chi connectivity index (χ0) is 20.3. The van der Waals surface area contributed by atoms with Gasteiger partial charge in [-0.15, -0.1) is 0 Å². The zero-order valence-corrected chi connectivity index (χ0v) is 16.7. The number of hydrogen-bond donors (Lipinski definition) is 2. The first-order valence-electron chi connectivity index (χ1n) is 8.80. The molecule has 1 heterocycles. The highest BCUT2D eigenvalue weighted by molar-refractivity contribution is 9.10. The van der Waals surface area contributed by atoms with E-state index in [1.165, 1.54) is 17.0 Å². The van der Waals surface area contributed by atoms with Gasteiger partial charge in [0.1, 0.15) is 11.9 Å². The van der Waals surface area contributed by atoms with Gasteiger partial charge in [-0.2, -0.15) is 0 Å². The van der Waals surface area contributed by atoms with Gasteiger partial charge in [0.15, 0.2) is 0 Å². The van der Waals surface area contributed by atoms with E-state index in [-0.39, 0.29) is 24.4 Å². The maximum atomic E-state index is 13.8. The average Bonchev–Trinajstić information content (AvgIpc) is 2.96. The number of nitrogens with one attached hydrogen (secondary N) is 2. The summed E-state index contributed by atoms with van der Waals surface area (Å²) < 4.78 is 14.4. The van der Waals surface area contributed by atoms with Crippen LogP contribution in [0, 0.1) is 5.82 Å². The van der Waals surface area contributed by atoms with Crippen molar-refractivity contribution in [2.45, 2.75) is 31.8 Å². The van der Waals surface area contributed by atoms with E-state index < -0.39 is 29.8 Å². The third kappa shape index (κ3) is 4.39. The third-order valence-electron chi connectivity index (χ3n) is 4.59. The Morgan fingerprint density at radius 3 is 2.64 bits per heavy atom. The van der Waals surface area contributed by atoms with Crippen LogP contribution in [0.5, 0.6) is 0 Å². The van der Waals surface area contributed by atoms with Crippen molar-refractivity contribution in [1.82, 2.24) is 10.2 Å². The van der Waals surface area contributed by atoms with Gasteiger partial charge in [0.05, 0.1) is 11.7 Å². The molecule has 0 saturated carbocycles. The predicted molar refractivity (Wildman–Crippen MR) is 106 cm³/mol. The molecule has 1 aliphatic rings. The van der Waals surface area contributed by atoms with Crippen LogP contribution in [0.3, 0.4) is 0 Å². The number of imide groups is 1. The van der Waals surface area contributed by atoms with E-state index in [9.17, 15) is 18.8 Å². The smallest absolute Gasteiger partial charge is 0.325 e. The van der Waals surface area contributed by atoms with Gasteiger partial charge in [0.2, 0.25) is 5.91 Å². The van der Waals surface area contributed by atoms with Crippen LogP contribution in [0.2, 0.25) is 0 Å². The van der Waals surface area contributed by atoms with E-state index in [1.54, 1.807) is 13.0 Å². The second kappa shape index (κ2) is 8.52. The lowest BCUT2D eigenvalue weighted by molar-refractivity contribution is -0.129. The SMILES string of the molecule is C[C@@H](c1ccccc1)N1C(=O)N[C@@H](CCC(=O)Nc2ccc(Br)cc2F)C1=O. The van der Waals surface area contributed by atoms with Crippen molar-refractivity contribution in [3.8, 4) is 0 Å². The Morgan fingerprint density at radius 2 is 1.96 bits per heavy atom. The molecule has 0 spiro atoms. The van der Waals surface area contributed by atoms with Crippen LogP contribution in [0.4, 0.5) is 14.9 Å². The summed E-state index contributed by atoms with van der Waals surface area (Å²) in [6.07, 6.45) is 0.103. The molecule has 1 aliphatic heterocycles. The van der Waals surface area contributed by atoms with Gasteiger partial charge in [-0.1, -0.05) is 46.3 Å². The van der Waals surface area contributed by atoms with Gasteiger partial charge >= 0.3 is 6.03 Å². The van der Waals surface area contributed by atoms with Gasteiger partial charge < -0.3 is 10.6 Å². The molecular formula is C20H19BrFN3O3. The Bertz CT molecular complexity index is 907. The third-order valence-corrected chi connectivity index (χ3v) is 5.08. The Hall–Kier alpha value is -2.74. The van der Waals surface area contributed by atoms with Crippen LogP contribution >= 0.6 is 15.9 Å². The van der Waals surface area contributed by atoms with Crippen LogP contribution in [-0.4, -0.2) is 28.8 Å². The van der Waals surface area contributed by atoms with Gasteiger partial charge in [-0.25, -0.2) is 9.18 Å². The summed E-state index contributed by atoms with van der Waals surface area (Å²) in [5.74, 6) is -1.36. The number of hydrogen-bond acceptors (Lipinski definition) is 3. The number of carbonyl (C=O) groups is 3. The van der Waals surface area contributed by atoms with E-state index in [4.69, 9.17) is 0 Å². The lowest BCUT2D eigenvalue weighted by Crippen LogP contribution is -2.34. The normalized spacial score (nSPS) is 17.4. The maximum absolute atomic E-state index is 13.8. The second-order valence-corrected chi connectivity index (χ2v) is 7.42. The Morgan fingerprint density at radius 1 is 1.25 bits per heavy atom. The zero-order valence-electron chi connectivity index (χ0n) is 15.1. The number of carbonyl (C=O) groups excluding carboxylic acids is 3. The van der Waals surface area contributed by atoms with Crippen LogP contribution in [-0.2, 0) is 9.59 Å². The van der Waals surface area contributed by atoms with Crippen LogP contribution < -0.4 is 10.6 Å². The highest BCUT2D eigenvalue weighted by Gasteiger charge is 2.40. The van der Waals surface area contributed by atoms with Crippen molar-refractivity contribution >= 4 is 39.5 Å². The highest BCUT2D eigenvalue weighted by atomic mass is 79.9. The molecule has 28 heavy (non-hydrogen) atoms. The fourth-order valence-electron chi connectivity index (χ4n) is 3.07. The summed E-state index contributed by atoms with van der Waals surface area (Å²) >= 11 is 3.15. The van der Waals surface area contributed by atoms with Crippen molar-refractivity contribution in [2.75, 3.05) is 5.32 Å². The van der Waals surface area contributed by atoms with Crippen molar-refractivity contribution in [2.24, 2.45) is 0 Å². The average molecular weight is 448 g/mol. The minimum atomic E-state index is -0.779. The van der Waals surface area contributed by atoms with Crippen LogP contribution in [0.1, 0.15) is 31.4 Å². The first-order valence-corrected chi connectivity index (χ1v) is 9.59. The molecular weight excluding hydrogens is 429 g/mol. The number of nitrogens with zero attached hydrogens (tertiary/aromatic N) is 1. The topological polar surface area (TPSA) is 78.5 Å². The molecule has 4 amide bonds. The van der Waals surface area contributed by atoms with Gasteiger partial charge in [0, 0.05) is 10.9 Å². The molecule has 2 aromatic rings. The van der Waals surface area contributed by atoms with E-state index in [1.807, 2.05) is 30.3 Å². The predicted octanol–water partition coefficient (Wildman–Crippen LogP) is 3.99. The molecule has 2 atom stereocenters. The summed E-state index contributed by atoms with van der Waals surface area (Å²) in [6.45, 7) is 1.78. The van der Waals surface area contributed by atoms with Crippen LogP contribution in [0.25, 0.3) is 0 Å². The van der Waals surface area contributed by atoms with Crippen molar-refractivity contribution in [3.05, 3.63) is 64.4 Å². The van der Waals surface area contributed by atoms with Crippen molar-refractivity contribution in [1.29, 1.82) is 0 Å². The molecule has 2 aromatic carbocycles. The molecule has 0 aromatic heterocycles. The van der Waals surface area contributed by atoms with Crippen molar-refractivity contribution in [3.63, 3.8) is 0 Å². The summed E-state index contributed by atoms with van der Waals surface area (Å²) in [5, 5.41) is 5.09. The fraction of sp³-hybridized carbons (Fsp3) is 0.250. The lowest BCUT2D eigenvalue weighted by Gasteiger charge is -2.21. The van der Waals surface area contributed by atoms with Gasteiger partial charge in [-0.3, -0.25) is 14.5 Å². The molecule has 1 saturated heterocycles. The lowest BCUT2D eigenvalue weighted by atomic mass is 10.1. The minimum absolute atomic E-state index is 0.0280. The summed E-state index contributed by atoms with van der Waals surface area (Å²) in [4.78, 5) is 38.2. The number of urea groups is 1. The molecule has 0 bridgehead atoms. The molecule has 0 unspecified atom stereocenters. The molecule has 6 nitrogen and oxygen atoms in total. The highest BCUT2D eigenvalue weighted by Crippen LogP contribution is 2.25. The molecule has 8 heteroatoms. The Balaban J connectivity index is 1.58. The largest absolute Gasteiger partial charge is 0.326 e. The maximum Gasteiger partial charge on any atom is 0.325 e. The Labute approximate surface area is 170 Å². The molecule has 1 fully saturated rings. The number of anilines is 1. The fourth-order valence-corrected chi connectivity index (χ4v) is 3.40. The minimum Gasteiger partial charge on any atom is -0.326 e. The van der Waals surface area contributed by atoms with E-state index in [2.05, 4.69) is 26.6 Å². The first-order chi connectivity index (χ1) is 13.4. The number of rotatable bonds is 6. The number of amides is 4. The number of halogens is 2. The first kappa shape index (κ1) is 20.0. The standard InChI is InChI=1S/C20H19BrFN3O3/c1-12(13-5-3-2-4-6-13)25-19(27)17(24-20(25)28)9-10-18(26)23-16-8-7-14(21)11-15(16)22/h2-8,11-12,17H,9-10H2,1H3,(H,23,26)(H,24,28)/t12-,17-/m0/s1. The molecule has 0 aliphatic carbocycles. The summed E-state index contributed by atoms with van der Waals surface area (Å²) in [7, 11) is 0. The molecule has 146 valence electrons. The van der Waals surface area contributed by atoms with E-state index in [0.29, 0.717) is 4.47 Å². The Kier molecular flexibility index (Phi) is 6.08. The van der Waals surface area contributed by atoms with Gasteiger partial charge in [0.25, 0.3) is 5.91 Å². The summed E-state index contributed by atoms with van der Waals surface area (Å²) in [6, 6.07) is 11.9. The van der Waals surface area contributed by atoms with Crippen molar-refractivity contribution < 1.29 is 18.8 Å². The van der Waals surface area contributed by atoms with E-state index in [0.717, 1.165) is 5.56 Å². The van der Waals surface area contributed by atoms with E-state index >= 15 is 0 Å². The number of benzene rings is 2. The molecule has 0 radical (unpaired) electrons. The quantitative estimate of drug-likeness (QED) is 0.657.